The Balaban J connectivity index is 0. The number of carbonyl (C=O) groups excluding carboxylic acids is 1. The van der Waals surface area contributed by atoms with Gasteiger partial charge in [-0.05, 0) is 6.42 Å². The molecule has 4 heteroatoms. The predicted molar refractivity (Wildman–Crippen MR) is 77.0 cm³/mol. The Morgan fingerprint density at radius 1 is 0.944 bits per heavy atom. The summed E-state index contributed by atoms with van der Waals surface area (Å²) in [6.45, 7) is 2.29. The van der Waals surface area contributed by atoms with Crippen molar-refractivity contribution in [2.75, 3.05) is 13.2 Å². The Morgan fingerprint density at radius 3 is 1.94 bits per heavy atom. The molecule has 0 fully saturated rings. The molecule has 0 saturated heterocycles. The van der Waals surface area contributed by atoms with Crippen molar-refractivity contribution in [3.05, 3.63) is 0 Å². The van der Waals surface area contributed by atoms with Gasteiger partial charge in [0.05, 0.1) is 6.61 Å². The van der Waals surface area contributed by atoms with Crippen LogP contribution < -0.4 is 0 Å². The molecule has 3 nitrogen and oxygen atoms in total. The molecule has 0 heterocycles. The summed E-state index contributed by atoms with van der Waals surface area (Å²) >= 11 is 0. The normalized spacial score (nSPS) is 9.89. The fourth-order valence-electron chi connectivity index (χ4n) is 1.81. The van der Waals surface area contributed by atoms with Gasteiger partial charge >= 0.3 is 35.5 Å². The summed E-state index contributed by atoms with van der Waals surface area (Å²) in [5, 5.41) is 8.47. The maximum absolute atomic E-state index is 11.1. The molecule has 0 aromatic rings. The zero-order valence-electron chi connectivity index (χ0n) is 11.2. The van der Waals surface area contributed by atoms with Crippen LogP contribution in [0.4, 0.5) is 0 Å². The molecule has 1 N–H and O–H groups in total. The van der Waals surface area contributed by atoms with Crippen molar-refractivity contribution in [3.8, 4) is 0 Å². The van der Waals surface area contributed by atoms with Crippen molar-refractivity contribution in [1.29, 1.82) is 0 Å². The van der Waals surface area contributed by atoms with Gasteiger partial charge in [0.15, 0.2) is 0 Å². The fourth-order valence-corrected chi connectivity index (χ4v) is 1.81. The third-order valence-corrected chi connectivity index (χ3v) is 2.84. The SMILES string of the molecule is CCCCCCCCCCCC(=O)OCCO.[NaH]. The molecule has 0 aromatic heterocycles. The maximum atomic E-state index is 11.1. The van der Waals surface area contributed by atoms with Crippen LogP contribution in [0.25, 0.3) is 0 Å². The molecule has 0 radical (unpaired) electrons. The molecule has 0 rings (SSSR count). The van der Waals surface area contributed by atoms with Gasteiger partial charge in [-0.1, -0.05) is 58.3 Å². The van der Waals surface area contributed by atoms with Crippen molar-refractivity contribution >= 4 is 35.5 Å². The second-order valence-corrected chi connectivity index (χ2v) is 4.52. The van der Waals surface area contributed by atoms with Crippen LogP contribution in [-0.2, 0) is 9.53 Å². The molecule has 0 aromatic carbocycles. The van der Waals surface area contributed by atoms with Crippen molar-refractivity contribution in [2.24, 2.45) is 0 Å². The molecule has 0 amide bonds. The van der Waals surface area contributed by atoms with Crippen LogP contribution in [0.3, 0.4) is 0 Å². The van der Waals surface area contributed by atoms with Crippen LogP contribution in [0.15, 0.2) is 0 Å². The fraction of sp³-hybridized carbons (Fsp3) is 0.929. The minimum absolute atomic E-state index is 0. The van der Waals surface area contributed by atoms with E-state index in [0.717, 1.165) is 12.8 Å². The predicted octanol–water partition coefficient (Wildman–Crippen LogP) is 2.79. The van der Waals surface area contributed by atoms with E-state index in [9.17, 15) is 4.79 Å². The monoisotopic (exact) mass is 268 g/mol. The first-order valence-electron chi connectivity index (χ1n) is 7.07. The number of ether oxygens (including phenoxy) is 1. The third kappa shape index (κ3) is 16.4. The van der Waals surface area contributed by atoms with Gasteiger partial charge in [-0.15, -0.1) is 0 Å². The number of unbranched alkanes of at least 4 members (excludes halogenated alkanes) is 8. The van der Waals surface area contributed by atoms with Crippen molar-refractivity contribution in [1.82, 2.24) is 0 Å². The molecule has 0 spiro atoms. The van der Waals surface area contributed by atoms with Gasteiger partial charge < -0.3 is 9.84 Å². The van der Waals surface area contributed by atoms with Gasteiger partial charge in [-0.3, -0.25) is 4.79 Å². The molecule has 0 aliphatic rings. The molecular formula is C14H29NaO3. The number of rotatable bonds is 12. The first-order valence-corrected chi connectivity index (χ1v) is 7.07. The Hall–Kier alpha value is 0.430. The zero-order chi connectivity index (χ0) is 12.8. The van der Waals surface area contributed by atoms with Crippen molar-refractivity contribution in [2.45, 2.75) is 71.1 Å². The molecule has 0 aliphatic heterocycles. The minimum atomic E-state index is -0.179. The summed E-state index contributed by atoms with van der Waals surface area (Å²) in [6, 6.07) is 0. The van der Waals surface area contributed by atoms with E-state index in [1.165, 1.54) is 44.9 Å². The summed E-state index contributed by atoms with van der Waals surface area (Å²) in [5.41, 5.74) is 0. The van der Waals surface area contributed by atoms with Crippen molar-refractivity contribution < 1.29 is 14.6 Å². The van der Waals surface area contributed by atoms with Crippen LogP contribution in [0.2, 0.25) is 0 Å². The molecule has 0 saturated carbocycles. The average molecular weight is 268 g/mol. The number of hydrogen-bond acceptors (Lipinski definition) is 3. The van der Waals surface area contributed by atoms with E-state index in [1.807, 2.05) is 0 Å². The molecular weight excluding hydrogens is 239 g/mol. The van der Waals surface area contributed by atoms with Gasteiger partial charge in [-0.2, -0.15) is 0 Å². The molecule has 0 aliphatic carbocycles. The van der Waals surface area contributed by atoms with Crippen molar-refractivity contribution in [3.63, 3.8) is 0 Å². The van der Waals surface area contributed by atoms with E-state index in [-0.39, 0.29) is 48.7 Å². The van der Waals surface area contributed by atoms with Gasteiger partial charge in [0.25, 0.3) is 0 Å². The average Bonchev–Trinajstić information content (AvgIpc) is 2.34. The van der Waals surface area contributed by atoms with Gasteiger partial charge in [0.1, 0.15) is 6.61 Å². The Morgan fingerprint density at radius 2 is 1.44 bits per heavy atom. The van der Waals surface area contributed by atoms with Gasteiger partial charge in [-0.25, -0.2) is 0 Å². The van der Waals surface area contributed by atoms with E-state index >= 15 is 0 Å². The van der Waals surface area contributed by atoms with E-state index in [1.54, 1.807) is 0 Å². The van der Waals surface area contributed by atoms with E-state index in [2.05, 4.69) is 6.92 Å². The molecule has 0 unspecified atom stereocenters. The Kier molecular flexibility index (Phi) is 20.1. The van der Waals surface area contributed by atoms with Crippen LogP contribution >= 0.6 is 0 Å². The van der Waals surface area contributed by atoms with Crippen LogP contribution in [0, 0.1) is 0 Å². The standard InChI is InChI=1S/C14H28O3.Na.H/c1-2-3-4-5-6-7-8-9-10-11-14(16)17-13-12-15;;/h15H,2-13H2,1H3;;. The second-order valence-electron chi connectivity index (χ2n) is 4.52. The number of aliphatic hydroxyl groups excluding tert-OH is 1. The molecule has 0 atom stereocenters. The van der Waals surface area contributed by atoms with E-state index < -0.39 is 0 Å². The number of hydrogen-bond donors (Lipinski definition) is 1. The second kappa shape index (κ2) is 17.4. The number of aliphatic hydroxyl groups is 1. The first kappa shape index (κ1) is 20.7. The topological polar surface area (TPSA) is 46.5 Å². The summed E-state index contributed by atoms with van der Waals surface area (Å²) in [6.07, 6.45) is 11.7. The Labute approximate surface area is 134 Å². The zero-order valence-corrected chi connectivity index (χ0v) is 11.2. The summed E-state index contributed by atoms with van der Waals surface area (Å²) < 4.78 is 4.77. The van der Waals surface area contributed by atoms with Crippen LogP contribution in [0.1, 0.15) is 71.1 Å². The van der Waals surface area contributed by atoms with Gasteiger partial charge in [0.2, 0.25) is 0 Å². The Bertz CT molecular complexity index is 174. The molecule has 18 heavy (non-hydrogen) atoms. The summed E-state index contributed by atoms with van der Waals surface area (Å²) in [7, 11) is 0. The van der Waals surface area contributed by atoms with E-state index in [4.69, 9.17) is 9.84 Å². The van der Waals surface area contributed by atoms with Crippen LogP contribution in [0.5, 0.6) is 0 Å². The number of esters is 1. The third-order valence-electron chi connectivity index (χ3n) is 2.84. The first-order chi connectivity index (χ1) is 8.31. The number of carbonyl (C=O) groups is 1. The summed E-state index contributed by atoms with van der Waals surface area (Å²) in [5.74, 6) is -0.179. The summed E-state index contributed by atoms with van der Waals surface area (Å²) in [4.78, 5) is 11.1. The quantitative estimate of drug-likeness (QED) is 0.336. The van der Waals surface area contributed by atoms with Gasteiger partial charge in [0, 0.05) is 6.42 Å². The van der Waals surface area contributed by atoms with Crippen LogP contribution in [-0.4, -0.2) is 53.8 Å². The molecule has 0 bridgehead atoms. The van der Waals surface area contributed by atoms with E-state index in [0.29, 0.717) is 6.42 Å². The molecule has 104 valence electrons.